The third-order valence-corrected chi connectivity index (χ3v) is 4.11. The maximum Gasteiger partial charge on any atom is 0.256 e. The summed E-state index contributed by atoms with van der Waals surface area (Å²) < 4.78 is 6.82. The Balaban J connectivity index is 2.22. The van der Waals surface area contributed by atoms with Crippen molar-refractivity contribution in [3.8, 4) is 5.75 Å². The number of hydrogen-bond donors (Lipinski definition) is 0. The molecule has 2 rings (SSSR count). The van der Waals surface area contributed by atoms with Gasteiger partial charge in [-0.2, -0.15) is 0 Å². The SMILES string of the molecule is COc1ccc(Br)cc1CN(C)C(=O)c1cccnc1Br. The lowest BCUT2D eigenvalue weighted by molar-refractivity contribution is 0.0783. The highest BCUT2D eigenvalue weighted by molar-refractivity contribution is 9.10. The number of ether oxygens (including phenoxy) is 1. The Bertz CT molecular complexity index is 662. The number of nitrogens with zero attached hydrogens (tertiary/aromatic N) is 2. The molecule has 0 aliphatic heterocycles. The first kappa shape index (κ1) is 16.0. The molecule has 0 fully saturated rings. The maximum absolute atomic E-state index is 12.5. The lowest BCUT2D eigenvalue weighted by Crippen LogP contribution is -2.26. The lowest BCUT2D eigenvalue weighted by Gasteiger charge is -2.19. The van der Waals surface area contributed by atoms with Gasteiger partial charge in [0.15, 0.2) is 0 Å². The lowest BCUT2D eigenvalue weighted by atomic mass is 10.1. The Kier molecular flexibility index (Phi) is 5.36. The van der Waals surface area contributed by atoms with Gasteiger partial charge in [-0.15, -0.1) is 0 Å². The molecular weight excluding hydrogens is 400 g/mol. The zero-order valence-electron chi connectivity index (χ0n) is 11.6. The molecule has 6 heteroatoms. The van der Waals surface area contributed by atoms with Gasteiger partial charge in [-0.3, -0.25) is 4.79 Å². The maximum atomic E-state index is 12.5. The van der Waals surface area contributed by atoms with Crippen molar-refractivity contribution in [2.45, 2.75) is 6.54 Å². The second kappa shape index (κ2) is 7.04. The fourth-order valence-corrected chi connectivity index (χ4v) is 2.78. The summed E-state index contributed by atoms with van der Waals surface area (Å²) in [5.41, 5.74) is 1.47. The topological polar surface area (TPSA) is 42.4 Å². The molecule has 1 aromatic carbocycles. The van der Waals surface area contributed by atoms with Gasteiger partial charge in [0.2, 0.25) is 0 Å². The van der Waals surface area contributed by atoms with E-state index in [1.165, 1.54) is 0 Å². The van der Waals surface area contributed by atoms with Crippen LogP contribution >= 0.6 is 31.9 Å². The number of aromatic nitrogens is 1. The van der Waals surface area contributed by atoms with E-state index in [0.29, 0.717) is 16.7 Å². The summed E-state index contributed by atoms with van der Waals surface area (Å²) in [5, 5.41) is 0. The highest BCUT2D eigenvalue weighted by atomic mass is 79.9. The average Bonchev–Trinajstić information content (AvgIpc) is 2.47. The molecular formula is C15H14Br2N2O2. The number of amides is 1. The fourth-order valence-electron chi connectivity index (χ4n) is 1.95. The molecule has 2 aromatic rings. The Morgan fingerprint density at radius 1 is 1.33 bits per heavy atom. The van der Waals surface area contributed by atoms with Gasteiger partial charge in [0.1, 0.15) is 10.4 Å². The molecule has 0 atom stereocenters. The molecule has 110 valence electrons. The molecule has 21 heavy (non-hydrogen) atoms. The molecule has 0 unspecified atom stereocenters. The molecule has 0 bridgehead atoms. The number of rotatable bonds is 4. The monoisotopic (exact) mass is 412 g/mol. The van der Waals surface area contributed by atoms with Crippen molar-refractivity contribution in [1.29, 1.82) is 0 Å². The highest BCUT2D eigenvalue weighted by Gasteiger charge is 2.17. The van der Waals surface area contributed by atoms with Crippen molar-refractivity contribution in [3.63, 3.8) is 0 Å². The molecule has 1 heterocycles. The smallest absolute Gasteiger partial charge is 0.256 e. The first-order chi connectivity index (χ1) is 10.0. The van der Waals surface area contributed by atoms with Crippen molar-refractivity contribution >= 4 is 37.8 Å². The number of halogens is 2. The van der Waals surface area contributed by atoms with E-state index in [1.807, 2.05) is 18.2 Å². The number of hydrogen-bond acceptors (Lipinski definition) is 3. The molecule has 0 saturated heterocycles. The normalized spacial score (nSPS) is 10.3. The van der Waals surface area contributed by atoms with Crippen LogP contribution in [0.5, 0.6) is 5.75 Å². The number of methoxy groups -OCH3 is 1. The minimum atomic E-state index is -0.1000. The first-order valence-corrected chi connectivity index (χ1v) is 7.80. The standard InChI is InChI=1S/C15H14Br2N2O2/c1-19(15(20)12-4-3-7-18-14(12)17)9-10-8-11(16)5-6-13(10)21-2/h3-8H,9H2,1-2H3. The van der Waals surface area contributed by atoms with Crippen LogP contribution in [0.3, 0.4) is 0 Å². The summed E-state index contributed by atoms with van der Waals surface area (Å²) in [7, 11) is 3.37. The van der Waals surface area contributed by atoms with Crippen LogP contribution in [0.15, 0.2) is 45.6 Å². The van der Waals surface area contributed by atoms with Crippen molar-refractivity contribution in [3.05, 3.63) is 56.7 Å². The van der Waals surface area contributed by atoms with E-state index < -0.39 is 0 Å². The van der Waals surface area contributed by atoms with Crippen molar-refractivity contribution in [2.75, 3.05) is 14.2 Å². The molecule has 0 aliphatic carbocycles. The van der Waals surface area contributed by atoms with Crippen LogP contribution < -0.4 is 4.74 Å². The van der Waals surface area contributed by atoms with Gasteiger partial charge in [-0.25, -0.2) is 4.98 Å². The molecule has 0 N–H and O–H groups in total. The van der Waals surface area contributed by atoms with Crippen molar-refractivity contribution < 1.29 is 9.53 Å². The molecule has 1 aromatic heterocycles. The number of carbonyl (C=O) groups is 1. The van der Waals surface area contributed by atoms with E-state index >= 15 is 0 Å². The number of carbonyl (C=O) groups excluding carboxylic acids is 1. The van der Waals surface area contributed by atoms with Gasteiger partial charge < -0.3 is 9.64 Å². The zero-order chi connectivity index (χ0) is 15.4. The van der Waals surface area contributed by atoms with Crippen LogP contribution in [0.4, 0.5) is 0 Å². The molecule has 0 spiro atoms. The fraction of sp³-hybridized carbons (Fsp3) is 0.200. The Labute approximate surface area is 140 Å². The molecule has 0 saturated carbocycles. The summed E-state index contributed by atoms with van der Waals surface area (Å²) in [4.78, 5) is 18.2. The summed E-state index contributed by atoms with van der Waals surface area (Å²) in [6.45, 7) is 0.447. The quantitative estimate of drug-likeness (QED) is 0.714. The van der Waals surface area contributed by atoms with Crippen molar-refractivity contribution in [2.24, 2.45) is 0 Å². The van der Waals surface area contributed by atoms with Crippen LogP contribution in [-0.4, -0.2) is 29.9 Å². The molecule has 1 amide bonds. The van der Waals surface area contributed by atoms with E-state index in [-0.39, 0.29) is 5.91 Å². The minimum absolute atomic E-state index is 0.1000. The van der Waals surface area contributed by atoms with Gasteiger partial charge in [0.05, 0.1) is 12.7 Å². The average molecular weight is 414 g/mol. The van der Waals surface area contributed by atoms with Gasteiger partial charge >= 0.3 is 0 Å². The van der Waals surface area contributed by atoms with Gasteiger partial charge in [-0.05, 0) is 46.3 Å². The molecule has 0 radical (unpaired) electrons. The van der Waals surface area contributed by atoms with Crippen LogP contribution in [0.1, 0.15) is 15.9 Å². The summed E-state index contributed by atoms with van der Waals surface area (Å²) in [6, 6.07) is 9.21. The van der Waals surface area contributed by atoms with E-state index in [1.54, 1.807) is 37.4 Å². The Morgan fingerprint density at radius 3 is 2.76 bits per heavy atom. The van der Waals surface area contributed by atoms with Crippen molar-refractivity contribution in [1.82, 2.24) is 9.88 Å². The Hall–Kier alpha value is -1.40. The molecule has 0 aliphatic rings. The van der Waals surface area contributed by atoms with Crippen LogP contribution in [0, 0.1) is 0 Å². The second-order valence-electron chi connectivity index (χ2n) is 4.46. The van der Waals surface area contributed by atoms with Crippen LogP contribution in [0.25, 0.3) is 0 Å². The summed E-state index contributed by atoms with van der Waals surface area (Å²) in [6.07, 6.45) is 1.64. The van der Waals surface area contributed by atoms with Crippen LogP contribution in [0.2, 0.25) is 0 Å². The predicted octanol–water partition coefficient (Wildman–Crippen LogP) is 3.89. The van der Waals surface area contributed by atoms with E-state index in [9.17, 15) is 4.79 Å². The van der Waals surface area contributed by atoms with E-state index in [4.69, 9.17) is 4.74 Å². The summed E-state index contributed by atoms with van der Waals surface area (Å²) in [5.74, 6) is 0.653. The third-order valence-electron chi connectivity index (χ3n) is 2.99. The zero-order valence-corrected chi connectivity index (χ0v) is 14.8. The largest absolute Gasteiger partial charge is 0.496 e. The second-order valence-corrected chi connectivity index (χ2v) is 6.13. The van der Waals surface area contributed by atoms with Gasteiger partial charge in [-0.1, -0.05) is 15.9 Å². The summed E-state index contributed by atoms with van der Waals surface area (Å²) >= 11 is 6.73. The number of pyridine rings is 1. The van der Waals surface area contributed by atoms with E-state index in [0.717, 1.165) is 15.8 Å². The Morgan fingerprint density at radius 2 is 2.10 bits per heavy atom. The molecule has 4 nitrogen and oxygen atoms in total. The number of benzene rings is 1. The van der Waals surface area contributed by atoms with Gasteiger partial charge in [0.25, 0.3) is 5.91 Å². The first-order valence-electron chi connectivity index (χ1n) is 6.21. The van der Waals surface area contributed by atoms with E-state index in [2.05, 4.69) is 36.8 Å². The third kappa shape index (κ3) is 3.83. The minimum Gasteiger partial charge on any atom is -0.496 e. The predicted molar refractivity (Wildman–Crippen MR) is 88.4 cm³/mol. The highest BCUT2D eigenvalue weighted by Crippen LogP contribution is 2.25. The van der Waals surface area contributed by atoms with Gasteiger partial charge in [0, 0.05) is 29.8 Å². The van der Waals surface area contributed by atoms with Crippen LogP contribution in [-0.2, 0) is 6.54 Å².